The average molecular weight is 558 g/mol. The maximum atomic E-state index is 13.1. The molecule has 0 aliphatic carbocycles. The Hall–Kier alpha value is -3.85. The second kappa shape index (κ2) is 12.6. The zero-order valence-corrected chi connectivity index (χ0v) is 24.1. The summed E-state index contributed by atoms with van der Waals surface area (Å²) in [6.07, 6.45) is 8.54. The first-order valence-corrected chi connectivity index (χ1v) is 14.7. The van der Waals surface area contributed by atoms with E-state index in [9.17, 15) is 4.79 Å². The van der Waals surface area contributed by atoms with Crippen LogP contribution in [0.25, 0.3) is 17.0 Å². The van der Waals surface area contributed by atoms with Gasteiger partial charge in [0, 0.05) is 22.2 Å². The van der Waals surface area contributed by atoms with Crippen LogP contribution in [0.4, 0.5) is 0 Å². The quantitative estimate of drug-likeness (QED) is 0.191. The highest BCUT2D eigenvalue weighted by Crippen LogP contribution is 2.33. The number of amidine groups is 2. The predicted molar refractivity (Wildman–Crippen MR) is 164 cm³/mol. The molecule has 0 bridgehead atoms. The molecule has 2 aliphatic heterocycles. The third-order valence-electron chi connectivity index (χ3n) is 7.20. The molecule has 1 amide bonds. The molecule has 0 spiro atoms. The number of hydrogen-bond donors (Lipinski definition) is 1. The van der Waals surface area contributed by atoms with E-state index in [0.29, 0.717) is 18.3 Å². The van der Waals surface area contributed by atoms with Crippen LogP contribution in [0.15, 0.2) is 64.2 Å². The first-order chi connectivity index (χ1) is 19.5. The number of para-hydroxylation sites is 1. The van der Waals surface area contributed by atoms with Crippen LogP contribution < -0.4 is 9.47 Å². The molecule has 5 rings (SSSR count). The van der Waals surface area contributed by atoms with E-state index in [1.165, 1.54) is 36.0 Å². The lowest BCUT2D eigenvalue weighted by molar-refractivity contribution is -0.114. The van der Waals surface area contributed by atoms with Crippen molar-refractivity contribution in [2.45, 2.75) is 58.9 Å². The number of carbonyl (C=O) groups excluding carboxylic acids is 1. The summed E-state index contributed by atoms with van der Waals surface area (Å²) in [5.74, 6) is 1.23. The van der Waals surface area contributed by atoms with E-state index in [1.54, 1.807) is 13.2 Å². The van der Waals surface area contributed by atoms with Crippen LogP contribution in [-0.2, 0) is 11.3 Å². The maximum Gasteiger partial charge on any atom is 0.283 e. The first kappa shape index (κ1) is 27.7. The van der Waals surface area contributed by atoms with Gasteiger partial charge in [0.25, 0.3) is 5.91 Å². The van der Waals surface area contributed by atoms with Crippen LogP contribution in [-0.4, -0.2) is 45.2 Å². The number of unbranched alkanes of at least 4 members (excludes halogenated alkanes) is 4. The van der Waals surface area contributed by atoms with E-state index >= 15 is 0 Å². The highest BCUT2D eigenvalue weighted by atomic mass is 32.2. The Labute approximate surface area is 239 Å². The topological polar surface area (TPSA) is 92.3 Å². The number of benzene rings is 2. The Bertz CT molecular complexity index is 1500. The average Bonchev–Trinajstić information content (AvgIpc) is 3.49. The van der Waals surface area contributed by atoms with Gasteiger partial charge in [-0.15, -0.1) is 0 Å². The number of fused-ring (bicyclic) bond motifs is 2. The molecule has 208 valence electrons. The summed E-state index contributed by atoms with van der Waals surface area (Å²) in [6.45, 7) is 5.35. The number of aromatic nitrogens is 1. The molecule has 3 heterocycles. The molecule has 9 heteroatoms. The lowest BCUT2D eigenvalue weighted by Crippen LogP contribution is -2.35. The third kappa shape index (κ3) is 5.84. The van der Waals surface area contributed by atoms with Crippen molar-refractivity contribution in [3.8, 4) is 11.5 Å². The van der Waals surface area contributed by atoms with Crippen molar-refractivity contribution >= 4 is 50.7 Å². The molecule has 0 unspecified atom stereocenters. The highest BCUT2D eigenvalue weighted by molar-refractivity contribution is 8.26. The van der Waals surface area contributed by atoms with Crippen LogP contribution in [0.3, 0.4) is 0 Å². The zero-order chi connectivity index (χ0) is 28.1. The Kier molecular flexibility index (Phi) is 8.69. The highest BCUT2D eigenvalue weighted by Gasteiger charge is 2.35. The number of methoxy groups -OCH3 is 1. The second-order valence-electron chi connectivity index (χ2n) is 9.87. The van der Waals surface area contributed by atoms with Gasteiger partial charge in [0.2, 0.25) is 5.17 Å². The molecule has 8 nitrogen and oxygen atoms in total. The van der Waals surface area contributed by atoms with Gasteiger partial charge in [0.1, 0.15) is 23.1 Å². The molecule has 0 fully saturated rings. The molecule has 2 aromatic carbocycles. The van der Waals surface area contributed by atoms with Crippen LogP contribution in [0.5, 0.6) is 11.5 Å². The number of nitrogens with one attached hydrogen (secondary N) is 1. The van der Waals surface area contributed by atoms with Gasteiger partial charge >= 0.3 is 0 Å². The van der Waals surface area contributed by atoms with Crippen molar-refractivity contribution in [2.24, 2.45) is 10.1 Å². The largest absolute Gasteiger partial charge is 0.497 e. The molecule has 1 N–H and O–H groups in total. The molecule has 2 aliphatic rings. The molecule has 0 saturated heterocycles. The fraction of sp³-hybridized carbons (Fsp3) is 0.355. The summed E-state index contributed by atoms with van der Waals surface area (Å²) < 4.78 is 13.4. The lowest BCUT2D eigenvalue weighted by Gasteiger charge is -2.20. The number of rotatable bonds is 12. The number of thioether (sulfide) groups is 1. The van der Waals surface area contributed by atoms with Crippen molar-refractivity contribution in [3.63, 3.8) is 0 Å². The minimum atomic E-state index is -0.401. The summed E-state index contributed by atoms with van der Waals surface area (Å²) in [5.41, 5.74) is 3.19. The summed E-state index contributed by atoms with van der Waals surface area (Å²) in [6, 6.07) is 15.6. The van der Waals surface area contributed by atoms with E-state index in [1.807, 2.05) is 49.4 Å². The molecular weight excluding hydrogens is 522 g/mol. The monoisotopic (exact) mass is 557 g/mol. The van der Waals surface area contributed by atoms with Gasteiger partial charge in [-0.05, 0) is 67.9 Å². The van der Waals surface area contributed by atoms with Gasteiger partial charge in [0.15, 0.2) is 5.84 Å². The van der Waals surface area contributed by atoms with Gasteiger partial charge in [-0.2, -0.15) is 15.1 Å². The van der Waals surface area contributed by atoms with Crippen molar-refractivity contribution in [1.29, 1.82) is 5.41 Å². The number of amides is 1. The number of nitrogens with zero attached hydrogens (tertiary/aromatic N) is 4. The van der Waals surface area contributed by atoms with Crippen LogP contribution in [0, 0.1) is 12.3 Å². The van der Waals surface area contributed by atoms with Crippen molar-refractivity contribution in [1.82, 2.24) is 9.58 Å². The lowest BCUT2D eigenvalue weighted by atomic mass is 10.1. The summed E-state index contributed by atoms with van der Waals surface area (Å²) in [7, 11) is 1.64. The summed E-state index contributed by atoms with van der Waals surface area (Å²) in [4.78, 5) is 17.4. The Morgan fingerprint density at radius 1 is 1.02 bits per heavy atom. The number of aliphatic imine (C=N–C) groups is 1. The minimum Gasteiger partial charge on any atom is -0.497 e. The van der Waals surface area contributed by atoms with Crippen molar-refractivity contribution < 1.29 is 14.3 Å². The standard InChI is InChI=1S/C31H35N5O3S/c1-4-5-6-7-8-13-28-34-36-29(32)26(30(37)33-31(36)40-28)20-25-21(2)35(27-12-10-9-11-24(25)27)18-19-39-23-16-14-22(38-3)15-17-23/h9-12,14-17,20,32H,4-8,13,18-19H2,1-3H3/b26-20-,32-29?. The van der Waals surface area contributed by atoms with Crippen LogP contribution >= 0.6 is 11.8 Å². The first-order valence-electron chi connectivity index (χ1n) is 13.8. The van der Waals surface area contributed by atoms with Crippen LogP contribution in [0.1, 0.15) is 56.7 Å². The SMILES string of the molecule is CCCCCCCC1=NN2C(=N)/C(=C/c3c(C)n(CCOc4ccc(OC)cc4)c4ccccc34)C(=O)N=C2S1. The molecule has 40 heavy (non-hydrogen) atoms. The Morgan fingerprint density at radius 2 is 1.77 bits per heavy atom. The van der Waals surface area contributed by atoms with E-state index in [-0.39, 0.29) is 11.4 Å². The molecule has 1 aromatic heterocycles. The Morgan fingerprint density at radius 3 is 2.55 bits per heavy atom. The minimum absolute atomic E-state index is 0.0718. The third-order valence-corrected chi connectivity index (χ3v) is 8.17. The molecular formula is C31H35N5O3S. The fourth-order valence-corrected chi connectivity index (χ4v) is 5.94. The van der Waals surface area contributed by atoms with E-state index < -0.39 is 5.91 Å². The zero-order valence-electron chi connectivity index (χ0n) is 23.3. The van der Waals surface area contributed by atoms with Crippen LogP contribution in [0.2, 0.25) is 0 Å². The summed E-state index contributed by atoms with van der Waals surface area (Å²) >= 11 is 1.41. The summed E-state index contributed by atoms with van der Waals surface area (Å²) in [5, 5.41) is 17.4. The van der Waals surface area contributed by atoms with Gasteiger partial charge in [-0.25, -0.2) is 0 Å². The Balaban J connectivity index is 1.35. The van der Waals surface area contributed by atoms with Crippen molar-refractivity contribution in [3.05, 3.63) is 65.4 Å². The van der Waals surface area contributed by atoms with Crippen molar-refractivity contribution in [2.75, 3.05) is 13.7 Å². The van der Waals surface area contributed by atoms with Gasteiger partial charge in [0.05, 0.1) is 19.2 Å². The van der Waals surface area contributed by atoms with Gasteiger partial charge in [-0.3, -0.25) is 10.2 Å². The van der Waals surface area contributed by atoms with E-state index in [4.69, 9.17) is 14.9 Å². The van der Waals surface area contributed by atoms with Gasteiger partial charge < -0.3 is 14.0 Å². The van der Waals surface area contributed by atoms with E-state index in [2.05, 4.69) is 27.7 Å². The fourth-order valence-electron chi connectivity index (χ4n) is 5.01. The number of hydrogen-bond acceptors (Lipinski definition) is 6. The number of carbonyl (C=O) groups is 1. The molecule has 0 radical (unpaired) electrons. The molecule has 3 aromatic rings. The molecule has 0 atom stereocenters. The normalized spacial score (nSPS) is 16.0. The second-order valence-corrected chi connectivity index (χ2v) is 10.9. The maximum absolute atomic E-state index is 13.1. The van der Waals surface area contributed by atoms with Gasteiger partial charge in [-0.1, -0.05) is 50.8 Å². The molecule has 0 saturated carbocycles. The smallest absolute Gasteiger partial charge is 0.283 e. The number of hydrazone groups is 1. The van der Waals surface area contributed by atoms with E-state index in [0.717, 1.165) is 58.0 Å². The number of ether oxygens (including phenoxy) is 2. The predicted octanol–water partition coefficient (Wildman–Crippen LogP) is 7.02.